The van der Waals surface area contributed by atoms with Gasteiger partial charge in [0.1, 0.15) is 6.61 Å². The van der Waals surface area contributed by atoms with Gasteiger partial charge in [-0.2, -0.15) is 0 Å². The van der Waals surface area contributed by atoms with Gasteiger partial charge in [0.15, 0.2) is 5.78 Å². The molecule has 0 saturated carbocycles. The maximum Gasteiger partial charge on any atom is 0.181 e. The van der Waals surface area contributed by atoms with Crippen LogP contribution in [0.5, 0.6) is 0 Å². The number of nitrogens with zero attached hydrogens (tertiary/aromatic N) is 1. The molecule has 0 spiro atoms. The maximum absolute atomic E-state index is 11.2. The summed E-state index contributed by atoms with van der Waals surface area (Å²) >= 11 is 0. The van der Waals surface area contributed by atoms with Gasteiger partial charge >= 0.3 is 0 Å². The van der Waals surface area contributed by atoms with Crippen molar-refractivity contribution in [2.24, 2.45) is 0 Å². The van der Waals surface area contributed by atoms with Crippen LogP contribution in [0.4, 0.5) is 0 Å². The first kappa shape index (κ1) is 20.2. The first-order chi connectivity index (χ1) is 13.7. The van der Waals surface area contributed by atoms with E-state index in [1.165, 1.54) is 28.3 Å². The molecule has 0 amide bonds. The summed E-state index contributed by atoms with van der Waals surface area (Å²) in [5.74, 6) is -0.305. The van der Waals surface area contributed by atoms with Crippen molar-refractivity contribution in [1.29, 1.82) is 0 Å². The third-order valence-corrected chi connectivity index (χ3v) is 5.05. The molecule has 0 fully saturated rings. The van der Waals surface area contributed by atoms with E-state index in [0.717, 1.165) is 31.5 Å². The molecule has 0 bridgehead atoms. The number of aliphatic hydroxyl groups excluding tert-OH is 2. The highest BCUT2D eigenvalue weighted by atomic mass is 16.3. The van der Waals surface area contributed by atoms with Gasteiger partial charge in [-0.3, -0.25) is 9.69 Å². The Morgan fingerprint density at radius 1 is 1.04 bits per heavy atom. The number of ketones is 1. The molecule has 2 N–H and O–H groups in total. The fourth-order valence-corrected chi connectivity index (χ4v) is 3.52. The predicted molar refractivity (Wildman–Crippen MR) is 113 cm³/mol. The predicted octanol–water partition coefficient (Wildman–Crippen LogP) is 3.09. The molecular weight excluding hydrogens is 350 g/mol. The number of hydrogen-bond donors (Lipinski definition) is 2. The second kappa shape index (κ2) is 10.1. The van der Waals surface area contributed by atoms with Gasteiger partial charge in [-0.1, -0.05) is 60.7 Å². The molecule has 0 atom stereocenters. The van der Waals surface area contributed by atoms with Crippen molar-refractivity contribution in [3.63, 3.8) is 0 Å². The highest BCUT2D eigenvalue weighted by molar-refractivity contribution is 5.94. The number of allylic oxidation sites excluding steroid dienone is 1. The standard InChI is InChI=1S/C24H27NO3/c26-16-15-25(14-13-22-11-10-21-3-1-2-4-24(21)22)17-20-7-5-19(6-8-20)9-12-23(28)18-27/h1-9,11-12,26-27H,10,13-18H2/b12-9+. The van der Waals surface area contributed by atoms with Crippen molar-refractivity contribution in [3.05, 3.63) is 82.9 Å². The van der Waals surface area contributed by atoms with Gasteiger partial charge in [0.2, 0.25) is 0 Å². The first-order valence-electron chi connectivity index (χ1n) is 9.71. The lowest BCUT2D eigenvalue weighted by Crippen LogP contribution is -2.27. The van der Waals surface area contributed by atoms with Crippen LogP contribution in [-0.4, -0.2) is 47.2 Å². The monoisotopic (exact) mass is 377 g/mol. The molecule has 0 heterocycles. The van der Waals surface area contributed by atoms with E-state index < -0.39 is 6.61 Å². The summed E-state index contributed by atoms with van der Waals surface area (Å²) in [7, 11) is 0. The molecule has 1 aliphatic rings. The van der Waals surface area contributed by atoms with Crippen LogP contribution in [0.3, 0.4) is 0 Å². The topological polar surface area (TPSA) is 60.8 Å². The van der Waals surface area contributed by atoms with Crippen LogP contribution in [0.25, 0.3) is 11.6 Å². The normalized spacial score (nSPS) is 13.2. The lowest BCUT2D eigenvalue weighted by molar-refractivity contribution is -0.117. The second-order valence-electron chi connectivity index (χ2n) is 7.04. The van der Waals surface area contributed by atoms with E-state index in [9.17, 15) is 9.90 Å². The van der Waals surface area contributed by atoms with Gasteiger partial charge in [-0.25, -0.2) is 0 Å². The zero-order valence-electron chi connectivity index (χ0n) is 16.1. The van der Waals surface area contributed by atoms with Crippen LogP contribution in [0, 0.1) is 0 Å². The highest BCUT2D eigenvalue weighted by Crippen LogP contribution is 2.29. The molecule has 28 heavy (non-hydrogen) atoms. The number of carbonyl (C=O) groups is 1. The van der Waals surface area contributed by atoms with Crippen molar-refractivity contribution in [3.8, 4) is 0 Å². The van der Waals surface area contributed by atoms with Crippen molar-refractivity contribution >= 4 is 17.4 Å². The van der Waals surface area contributed by atoms with Crippen molar-refractivity contribution < 1.29 is 15.0 Å². The molecule has 0 saturated heterocycles. The number of carbonyl (C=O) groups excluding carboxylic acids is 1. The number of rotatable bonds is 10. The van der Waals surface area contributed by atoms with E-state index in [4.69, 9.17) is 5.11 Å². The SMILES string of the molecule is O=C(/C=C/c1ccc(CN(CCO)CCC2=CCc3ccccc32)cc1)CO. The number of benzene rings is 2. The zero-order valence-corrected chi connectivity index (χ0v) is 16.1. The van der Waals surface area contributed by atoms with Crippen LogP contribution in [0.2, 0.25) is 0 Å². The molecule has 1 aliphatic carbocycles. The Morgan fingerprint density at radius 3 is 2.57 bits per heavy atom. The average molecular weight is 377 g/mol. The van der Waals surface area contributed by atoms with Crippen molar-refractivity contribution in [2.75, 3.05) is 26.3 Å². The highest BCUT2D eigenvalue weighted by Gasteiger charge is 2.14. The Bertz CT molecular complexity index is 852. The summed E-state index contributed by atoms with van der Waals surface area (Å²) in [5, 5.41) is 18.2. The minimum absolute atomic E-state index is 0.139. The molecule has 146 valence electrons. The van der Waals surface area contributed by atoms with Crippen molar-refractivity contribution in [1.82, 2.24) is 4.90 Å². The fourth-order valence-electron chi connectivity index (χ4n) is 3.52. The Kier molecular flexibility index (Phi) is 7.31. The Labute approximate surface area is 166 Å². The van der Waals surface area contributed by atoms with E-state index in [1.54, 1.807) is 6.08 Å². The number of aliphatic hydroxyl groups is 2. The Hall–Kier alpha value is -2.53. The van der Waals surface area contributed by atoms with Gasteiger partial charge in [0.05, 0.1) is 6.61 Å². The molecule has 0 aromatic heterocycles. The fraction of sp³-hybridized carbons (Fsp3) is 0.292. The van der Waals surface area contributed by atoms with Crippen LogP contribution in [0.1, 0.15) is 28.7 Å². The van der Waals surface area contributed by atoms with Crippen molar-refractivity contribution in [2.45, 2.75) is 19.4 Å². The molecule has 0 radical (unpaired) electrons. The van der Waals surface area contributed by atoms with Gasteiger partial charge in [-0.15, -0.1) is 0 Å². The molecule has 0 aliphatic heterocycles. The van der Waals surface area contributed by atoms with Crippen LogP contribution in [-0.2, 0) is 17.8 Å². The Morgan fingerprint density at radius 2 is 1.82 bits per heavy atom. The minimum Gasteiger partial charge on any atom is -0.395 e. The van der Waals surface area contributed by atoms with Crippen LogP contribution in [0.15, 0.2) is 60.7 Å². The molecule has 0 unspecified atom stereocenters. The summed E-state index contributed by atoms with van der Waals surface area (Å²) in [6, 6.07) is 16.6. The summed E-state index contributed by atoms with van der Waals surface area (Å²) < 4.78 is 0. The molecule has 2 aromatic carbocycles. The number of fused-ring (bicyclic) bond motifs is 1. The zero-order chi connectivity index (χ0) is 19.8. The lowest BCUT2D eigenvalue weighted by Gasteiger charge is -2.22. The first-order valence-corrected chi connectivity index (χ1v) is 9.71. The van der Waals surface area contributed by atoms with E-state index in [0.29, 0.717) is 6.54 Å². The molecule has 4 heteroatoms. The Balaban J connectivity index is 1.57. The lowest BCUT2D eigenvalue weighted by atomic mass is 10.0. The quantitative estimate of drug-likeness (QED) is 0.625. The summed E-state index contributed by atoms with van der Waals surface area (Å²) in [6.07, 6.45) is 7.40. The van der Waals surface area contributed by atoms with Gasteiger partial charge in [0.25, 0.3) is 0 Å². The third-order valence-electron chi connectivity index (χ3n) is 5.05. The summed E-state index contributed by atoms with van der Waals surface area (Å²) in [5.41, 5.74) is 6.24. The third kappa shape index (κ3) is 5.49. The minimum atomic E-state index is -0.467. The van der Waals surface area contributed by atoms with Gasteiger partial charge in [-0.05, 0) is 46.7 Å². The smallest absolute Gasteiger partial charge is 0.181 e. The summed E-state index contributed by atoms with van der Waals surface area (Å²) in [4.78, 5) is 13.4. The number of hydrogen-bond acceptors (Lipinski definition) is 4. The molecule has 4 nitrogen and oxygen atoms in total. The van der Waals surface area contributed by atoms with Gasteiger partial charge in [0, 0.05) is 19.6 Å². The summed E-state index contributed by atoms with van der Waals surface area (Å²) in [6.45, 7) is 1.98. The second-order valence-corrected chi connectivity index (χ2v) is 7.04. The maximum atomic E-state index is 11.2. The van der Waals surface area contributed by atoms with Crippen LogP contribution < -0.4 is 0 Å². The largest absolute Gasteiger partial charge is 0.395 e. The van der Waals surface area contributed by atoms with E-state index in [2.05, 4.69) is 35.2 Å². The van der Waals surface area contributed by atoms with E-state index in [1.807, 2.05) is 24.3 Å². The van der Waals surface area contributed by atoms with Gasteiger partial charge < -0.3 is 10.2 Å². The van der Waals surface area contributed by atoms with E-state index in [-0.39, 0.29) is 12.4 Å². The molecule has 3 rings (SSSR count). The molecule has 2 aromatic rings. The molecular formula is C24H27NO3. The van der Waals surface area contributed by atoms with Crippen LogP contribution >= 0.6 is 0 Å². The average Bonchev–Trinajstić information content (AvgIpc) is 3.14. The van der Waals surface area contributed by atoms with E-state index >= 15 is 0 Å².